The van der Waals surface area contributed by atoms with Gasteiger partial charge in [0.1, 0.15) is 5.75 Å². The van der Waals surface area contributed by atoms with Crippen LogP contribution in [-0.2, 0) is 11.3 Å². The molecule has 0 atom stereocenters. The van der Waals surface area contributed by atoms with E-state index in [-0.39, 0.29) is 11.3 Å². The number of nitrogens with zero attached hydrogens (tertiary/aromatic N) is 1. The van der Waals surface area contributed by atoms with E-state index in [1.807, 2.05) is 31.2 Å². The van der Waals surface area contributed by atoms with E-state index in [9.17, 15) is 9.59 Å². The van der Waals surface area contributed by atoms with Crippen LogP contribution in [0, 0.1) is 0 Å². The summed E-state index contributed by atoms with van der Waals surface area (Å²) in [6, 6.07) is 14.0. The third-order valence-corrected chi connectivity index (χ3v) is 4.13. The first-order valence-corrected chi connectivity index (χ1v) is 7.51. The molecule has 1 aromatic heterocycles. The third kappa shape index (κ3) is 3.73. The van der Waals surface area contributed by atoms with Gasteiger partial charge in [-0.25, -0.2) is 0 Å². The van der Waals surface area contributed by atoms with E-state index < -0.39 is 0 Å². The Morgan fingerprint density at radius 1 is 1.18 bits per heavy atom. The molecule has 2 aromatic carbocycles. The van der Waals surface area contributed by atoms with Crippen LogP contribution in [0.4, 0.5) is 5.69 Å². The molecule has 0 aliphatic heterocycles. The Morgan fingerprint density at radius 2 is 1.86 bits per heavy atom. The van der Waals surface area contributed by atoms with Gasteiger partial charge in [-0.1, -0.05) is 23.7 Å². The van der Waals surface area contributed by atoms with Crippen LogP contribution >= 0.6 is 11.5 Å². The number of hydrogen-bond donors (Lipinski definition) is 2. The van der Waals surface area contributed by atoms with Gasteiger partial charge in [0.05, 0.1) is 10.1 Å². The van der Waals surface area contributed by atoms with Gasteiger partial charge in [0.25, 0.3) is 5.56 Å². The zero-order valence-electron chi connectivity index (χ0n) is 12.0. The van der Waals surface area contributed by atoms with Crippen molar-refractivity contribution in [1.82, 2.24) is 3.96 Å². The maximum Gasteiger partial charge on any atom is 0.268 e. The predicted molar refractivity (Wildman–Crippen MR) is 89.6 cm³/mol. The second-order valence-electron chi connectivity index (χ2n) is 4.40. The summed E-state index contributed by atoms with van der Waals surface area (Å²) in [5.41, 5.74) is 0.811. The monoisotopic (exact) mass is 316 g/mol. The van der Waals surface area contributed by atoms with Gasteiger partial charge in [-0.2, -0.15) is 0 Å². The Hall–Kier alpha value is -2.60. The van der Waals surface area contributed by atoms with Gasteiger partial charge in [0.15, 0.2) is 0 Å². The summed E-state index contributed by atoms with van der Waals surface area (Å²) in [5, 5.41) is 12.1. The van der Waals surface area contributed by atoms with Gasteiger partial charge in [0.2, 0.25) is 6.41 Å². The second kappa shape index (κ2) is 7.42. The molecule has 0 saturated heterocycles. The maximum atomic E-state index is 11.5. The van der Waals surface area contributed by atoms with E-state index in [1.165, 1.54) is 23.7 Å². The third-order valence-electron chi connectivity index (χ3n) is 2.93. The topological polar surface area (TPSA) is 71.3 Å². The van der Waals surface area contributed by atoms with Crippen molar-refractivity contribution in [3.05, 3.63) is 58.9 Å². The highest BCUT2D eigenvalue weighted by molar-refractivity contribution is 7.13. The lowest BCUT2D eigenvalue weighted by atomic mass is 10.3. The minimum atomic E-state index is 0.137. The molecule has 0 unspecified atom stereocenters. The fourth-order valence-corrected chi connectivity index (χ4v) is 2.79. The lowest BCUT2D eigenvalue weighted by Gasteiger charge is -1.95. The van der Waals surface area contributed by atoms with Gasteiger partial charge in [-0.3, -0.25) is 13.5 Å². The number of phenols is 1. The molecule has 1 heterocycles. The molecule has 0 fully saturated rings. The fourth-order valence-electron chi connectivity index (χ4n) is 1.85. The smallest absolute Gasteiger partial charge is 0.268 e. The predicted octanol–water partition coefficient (Wildman–Crippen LogP) is 3.04. The highest BCUT2D eigenvalue weighted by atomic mass is 32.1. The van der Waals surface area contributed by atoms with Gasteiger partial charge >= 0.3 is 0 Å². The van der Waals surface area contributed by atoms with Crippen molar-refractivity contribution >= 4 is 33.7 Å². The number of benzene rings is 2. The molecule has 0 bridgehead atoms. The fraction of sp³-hybridized carbons (Fsp3) is 0.125. The molecule has 2 N–H and O–H groups in total. The zero-order valence-corrected chi connectivity index (χ0v) is 12.8. The lowest BCUT2D eigenvalue weighted by molar-refractivity contribution is -0.105. The molecule has 3 aromatic rings. The average Bonchev–Trinajstić information content (AvgIpc) is 2.87. The van der Waals surface area contributed by atoms with E-state index in [4.69, 9.17) is 5.11 Å². The molecule has 6 heteroatoms. The van der Waals surface area contributed by atoms with Crippen LogP contribution in [0.2, 0.25) is 0 Å². The molecular formula is C16H16N2O3S. The molecule has 114 valence electrons. The Kier molecular flexibility index (Phi) is 5.32. The van der Waals surface area contributed by atoms with Crippen LogP contribution in [0.25, 0.3) is 10.1 Å². The largest absolute Gasteiger partial charge is 0.508 e. The summed E-state index contributed by atoms with van der Waals surface area (Å²) >= 11 is 1.53. The van der Waals surface area contributed by atoms with Crippen molar-refractivity contribution in [3.8, 4) is 5.75 Å². The van der Waals surface area contributed by atoms with Crippen LogP contribution < -0.4 is 10.9 Å². The second-order valence-corrected chi connectivity index (χ2v) is 5.46. The number of anilines is 1. The van der Waals surface area contributed by atoms with Crippen LogP contribution in [0.5, 0.6) is 5.75 Å². The SMILES string of the molecule is CCn1sc2ccccc2c1=O.O=CNc1ccc(O)cc1. The first-order valence-electron chi connectivity index (χ1n) is 6.73. The Balaban J connectivity index is 0.000000164. The maximum absolute atomic E-state index is 11.5. The van der Waals surface area contributed by atoms with E-state index >= 15 is 0 Å². The van der Waals surface area contributed by atoms with E-state index in [0.29, 0.717) is 12.1 Å². The van der Waals surface area contributed by atoms with Gasteiger partial charge in [0, 0.05) is 12.2 Å². The van der Waals surface area contributed by atoms with E-state index in [0.717, 1.165) is 16.6 Å². The summed E-state index contributed by atoms with van der Waals surface area (Å²) in [6.07, 6.45) is 0.590. The summed E-state index contributed by atoms with van der Waals surface area (Å²) < 4.78 is 2.84. The molecule has 22 heavy (non-hydrogen) atoms. The molecule has 1 amide bonds. The van der Waals surface area contributed by atoms with Crippen LogP contribution in [0.15, 0.2) is 53.3 Å². The number of aryl methyl sites for hydroxylation is 1. The Labute approximate surface area is 131 Å². The summed E-state index contributed by atoms with van der Waals surface area (Å²) in [7, 11) is 0. The van der Waals surface area contributed by atoms with E-state index in [2.05, 4.69) is 5.32 Å². The lowest BCUT2D eigenvalue weighted by Crippen LogP contribution is -2.10. The molecular weight excluding hydrogens is 300 g/mol. The van der Waals surface area contributed by atoms with Crippen LogP contribution in [-0.4, -0.2) is 15.5 Å². The van der Waals surface area contributed by atoms with E-state index in [1.54, 1.807) is 16.1 Å². The Bertz CT molecular complexity index is 806. The van der Waals surface area contributed by atoms with Gasteiger partial charge in [-0.05, 0) is 43.3 Å². The first kappa shape index (κ1) is 15.8. The molecule has 0 spiro atoms. The molecule has 0 aliphatic carbocycles. The number of aromatic hydroxyl groups is 1. The average molecular weight is 316 g/mol. The van der Waals surface area contributed by atoms with Crippen molar-refractivity contribution in [2.24, 2.45) is 0 Å². The quantitative estimate of drug-likeness (QED) is 0.576. The van der Waals surface area contributed by atoms with Crippen LogP contribution in [0.3, 0.4) is 0 Å². The highest BCUT2D eigenvalue weighted by Crippen LogP contribution is 2.15. The van der Waals surface area contributed by atoms with Crippen molar-refractivity contribution in [2.75, 3.05) is 5.32 Å². The standard InChI is InChI=1S/C9H9NOS.C7H7NO2/c1-2-10-9(11)7-5-3-4-6-8(7)12-10;9-5-8-6-1-3-7(10)4-2-6/h3-6H,2H2,1H3;1-5,10H,(H,8,9). The Morgan fingerprint density at radius 3 is 2.45 bits per heavy atom. The highest BCUT2D eigenvalue weighted by Gasteiger charge is 2.03. The molecule has 0 saturated carbocycles. The molecule has 5 nitrogen and oxygen atoms in total. The zero-order chi connectivity index (χ0) is 15.9. The normalized spacial score (nSPS) is 9.86. The molecule has 0 radical (unpaired) electrons. The number of nitrogens with one attached hydrogen (secondary N) is 1. The number of phenolic OH excluding ortho intramolecular Hbond substituents is 1. The van der Waals surface area contributed by atoms with Crippen LogP contribution in [0.1, 0.15) is 6.92 Å². The summed E-state index contributed by atoms with van der Waals surface area (Å²) in [6.45, 7) is 2.74. The summed E-state index contributed by atoms with van der Waals surface area (Å²) in [4.78, 5) is 21.4. The van der Waals surface area contributed by atoms with Gasteiger partial charge < -0.3 is 10.4 Å². The number of carbonyl (C=O) groups excluding carboxylic acids is 1. The minimum Gasteiger partial charge on any atom is -0.508 e. The molecule has 0 aliphatic rings. The van der Waals surface area contributed by atoms with Crippen molar-refractivity contribution < 1.29 is 9.90 Å². The van der Waals surface area contributed by atoms with Gasteiger partial charge in [-0.15, -0.1) is 0 Å². The number of fused-ring (bicyclic) bond motifs is 1. The number of aromatic nitrogens is 1. The van der Waals surface area contributed by atoms with Crippen molar-refractivity contribution in [1.29, 1.82) is 0 Å². The van der Waals surface area contributed by atoms with Crippen molar-refractivity contribution in [2.45, 2.75) is 13.5 Å². The number of carbonyl (C=O) groups is 1. The number of amides is 1. The minimum absolute atomic E-state index is 0.137. The number of hydrogen-bond acceptors (Lipinski definition) is 4. The number of rotatable bonds is 3. The first-order chi connectivity index (χ1) is 10.7. The summed E-state index contributed by atoms with van der Waals surface area (Å²) in [5.74, 6) is 0.191. The van der Waals surface area contributed by atoms with Crippen molar-refractivity contribution in [3.63, 3.8) is 0 Å². The molecule has 3 rings (SSSR count).